The second kappa shape index (κ2) is 6.32. The standard InChI is InChI=1S/C10H20N2O4/c1-10(2,3)6-11-9(16)12-7(4-5-13)8(14)15/h7,13H,4-6H2,1-3H3,(H,14,15)(H2,11,12,16). The zero-order chi connectivity index (χ0) is 12.8. The van der Waals surface area contributed by atoms with E-state index in [1.807, 2.05) is 20.8 Å². The molecule has 94 valence electrons. The molecule has 0 bridgehead atoms. The van der Waals surface area contributed by atoms with Crippen LogP contribution in [0.4, 0.5) is 4.79 Å². The summed E-state index contributed by atoms with van der Waals surface area (Å²) in [6, 6.07) is -1.58. The summed E-state index contributed by atoms with van der Waals surface area (Å²) < 4.78 is 0. The molecule has 0 spiro atoms. The van der Waals surface area contributed by atoms with E-state index >= 15 is 0 Å². The van der Waals surface area contributed by atoms with E-state index in [9.17, 15) is 9.59 Å². The summed E-state index contributed by atoms with van der Waals surface area (Å²) in [7, 11) is 0. The fourth-order valence-electron chi connectivity index (χ4n) is 0.941. The summed E-state index contributed by atoms with van der Waals surface area (Å²) in [4.78, 5) is 22.0. The molecule has 0 saturated heterocycles. The Balaban J connectivity index is 4.05. The number of carbonyl (C=O) groups excluding carboxylic acids is 1. The van der Waals surface area contributed by atoms with Crippen molar-refractivity contribution in [1.29, 1.82) is 0 Å². The summed E-state index contributed by atoms with van der Waals surface area (Å²) in [6.07, 6.45) is -0.00172. The lowest BCUT2D eigenvalue weighted by Crippen LogP contribution is -2.48. The number of rotatable bonds is 5. The predicted molar refractivity (Wildman–Crippen MR) is 59.1 cm³/mol. The lowest BCUT2D eigenvalue weighted by Gasteiger charge is -2.20. The maximum atomic E-state index is 11.3. The van der Waals surface area contributed by atoms with Crippen molar-refractivity contribution >= 4 is 12.0 Å². The third kappa shape index (κ3) is 7.05. The molecule has 4 N–H and O–H groups in total. The van der Waals surface area contributed by atoms with Crippen LogP contribution in [-0.2, 0) is 4.79 Å². The van der Waals surface area contributed by atoms with Crippen molar-refractivity contribution in [3.05, 3.63) is 0 Å². The van der Waals surface area contributed by atoms with Gasteiger partial charge < -0.3 is 20.8 Å². The molecule has 1 atom stereocenters. The third-order valence-electron chi connectivity index (χ3n) is 1.80. The van der Waals surface area contributed by atoms with Crippen LogP contribution in [-0.4, -0.2) is 41.4 Å². The van der Waals surface area contributed by atoms with Crippen molar-refractivity contribution in [2.45, 2.75) is 33.2 Å². The van der Waals surface area contributed by atoms with Crippen LogP contribution in [0.3, 0.4) is 0 Å². The van der Waals surface area contributed by atoms with Crippen LogP contribution in [0.2, 0.25) is 0 Å². The van der Waals surface area contributed by atoms with Crippen molar-refractivity contribution in [3.8, 4) is 0 Å². The van der Waals surface area contributed by atoms with Crippen LogP contribution in [0.5, 0.6) is 0 Å². The molecule has 0 rings (SSSR count). The Morgan fingerprint density at radius 3 is 2.25 bits per heavy atom. The van der Waals surface area contributed by atoms with Gasteiger partial charge >= 0.3 is 12.0 Å². The first-order chi connectivity index (χ1) is 7.26. The number of aliphatic hydroxyl groups excluding tert-OH is 1. The highest BCUT2D eigenvalue weighted by atomic mass is 16.4. The number of hydrogen-bond acceptors (Lipinski definition) is 3. The molecule has 0 heterocycles. The molecule has 0 aromatic heterocycles. The quantitative estimate of drug-likeness (QED) is 0.543. The Hall–Kier alpha value is -1.30. The van der Waals surface area contributed by atoms with Gasteiger partial charge in [-0.25, -0.2) is 9.59 Å². The topological polar surface area (TPSA) is 98.7 Å². The highest BCUT2D eigenvalue weighted by molar-refractivity contribution is 5.82. The minimum atomic E-state index is -1.15. The summed E-state index contributed by atoms with van der Waals surface area (Å²) in [6.45, 7) is 6.03. The average molecular weight is 232 g/mol. The number of urea groups is 1. The van der Waals surface area contributed by atoms with Gasteiger partial charge in [-0.05, 0) is 5.41 Å². The Kier molecular flexibility index (Phi) is 5.81. The van der Waals surface area contributed by atoms with E-state index < -0.39 is 18.0 Å². The van der Waals surface area contributed by atoms with Crippen molar-refractivity contribution in [2.24, 2.45) is 5.41 Å². The van der Waals surface area contributed by atoms with Gasteiger partial charge in [0.25, 0.3) is 0 Å². The van der Waals surface area contributed by atoms with Crippen LogP contribution in [0.25, 0.3) is 0 Å². The SMILES string of the molecule is CC(C)(C)CNC(=O)NC(CCO)C(=O)O. The first-order valence-corrected chi connectivity index (χ1v) is 5.14. The van der Waals surface area contributed by atoms with Gasteiger partial charge in [-0.15, -0.1) is 0 Å². The van der Waals surface area contributed by atoms with Gasteiger partial charge in [-0.1, -0.05) is 20.8 Å². The maximum absolute atomic E-state index is 11.3. The second-order valence-electron chi connectivity index (χ2n) is 4.79. The van der Waals surface area contributed by atoms with E-state index in [0.29, 0.717) is 6.54 Å². The average Bonchev–Trinajstić information content (AvgIpc) is 2.13. The fourth-order valence-corrected chi connectivity index (χ4v) is 0.941. The minimum Gasteiger partial charge on any atom is -0.480 e. The Morgan fingerprint density at radius 1 is 1.31 bits per heavy atom. The van der Waals surface area contributed by atoms with E-state index in [2.05, 4.69) is 10.6 Å². The third-order valence-corrected chi connectivity index (χ3v) is 1.80. The predicted octanol–water partition coefficient (Wildman–Crippen LogP) is 0.167. The zero-order valence-electron chi connectivity index (χ0n) is 9.91. The molecular formula is C10H20N2O4. The van der Waals surface area contributed by atoms with Gasteiger partial charge in [0.1, 0.15) is 6.04 Å². The van der Waals surface area contributed by atoms with Crippen LogP contribution >= 0.6 is 0 Å². The van der Waals surface area contributed by atoms with Crippen LogP contribution in [0, 0.1) is 5.41 Å². The van der Waals surface area contributed by atoms with Gasteiger partial charge in [0.05, 0.1) is 0 Å². The molecule has 0 aromatic rings. The summed E-state index contributed by atoms with van der Waals surface area (Å²) in [5, 5.41) is 22.2. The van der Waals surface area contributed by atoms with Crippen molar-refractivity contribution in [1.82, 2.24) is 10.6 Å². The number of nitrogens with one attached hydrogen (secondary N) is 2. The van der Waals surface area contributed by atoms with E-state index in [-0.39, 0.29) is 18.4 Å². The summed E-state index contributed by atoms with van der Waals surface area (Å²) >= 11 is 0. The van der Waals surface area contributed by atoms with Gasteiger partial charge in [0.2, 0.25) is 0 Å². The smallest absolute Gasteiger partial charge is 0.326 e. The number of aliphatic hydroxyl groups is 1. The number of aliphatic carboxylic acids is 1. The summed E-state index contributed by atoms with van der Waals surface area (Å²) in [5.74, 6) is -1.15. The number of carboxylic acid groups (broad SMARTS) is 1. The number of carbonyl (C=O) groups is 2. The molecule has 0 saturated carbocycles. The molecule has 16 heavy (non-hydrogen) atoms. The monoisotopic (exact) mass is 232 g/mol. The van der Waals surface area contributed by atoms with Crippen molar-refractivity contribution < 1.29 is 19.8 Å². The van der Waals surface area contributed by atoms with Crippen molar-refractivity contribution in [3.63, 3.8) is 0 Å². The van der Waals surface area contributed by atoms with E-state index in [1.165, 1.54) is 0 Å². The lowest BCUT2D eigenvalue weighted by atomic mass is 9.97. The largest absolute Gasteiger partial charge is 0.480 e. The summed E-state index contributed by atoms with van der Waals surface area (Å²) in [5.41, 5.74) is -0.0625. The molecular weight excluding hydrogens is 212 g/mol. The fraction of sp³-hybridized carbons (Fsp3) is 0.800. The van der Waals surface area contributed by atoms with Crippen LogP contribution in [0.1, 0.15) is 27.2 Å². The lowest BCUT2D eigenvalue weighted by molar-refractivity contribution is -0.139. The Labute approximate surface area is 95.0 Å². The van der Waals surface area contributed by atoms with E-state index in [1.54, 1.807) is 0 Å². The minimum absolute atomic E-state index is 0.00172. The zero-order valence-corrected chi connectivity index (χ0v) is 9.91. The van der Waals surface area contributed by atoms with Gasteiger partial charge in [0.15, 0.2) is 0 Å². The molecule has 6 heteroatoms. The molecule has 6 nitrogen and oxygen atoms in total. The number of amides is 2. The highest BCUT2D eigenvalue weighted by Crippen LogP contribution is 2.09. The molecule has 0 aliphatic carbocycles. The molecule has 0 aliphatic rings. The van der Waals surface area contributed by atoms with Gasteiger partial charge in [0, 0.05) is 19.6 Å². The molecule has 0 radical (unpaired) electrons. The Bertz CT molecular complexity index is 248. The molecule has 0 fully saturated rings. The molecule has 1 unspecified atom stereocenters. The molecule has 2 amide bonds. The van der Waals surface area contributed by atoms with Crippen LogP contribution < -0.4 is 10.6 Å². The molecule has 0 aromatic carbocycles. The first kappa shape index (κ1) is 14.7. The number of carboxylic acids is 1. The Morgan fingerprint density at radius 2 is 1.88 bits per heavy atom. The second-order valence-corrected chi connectivity index (χ2v) is 4.79. The van der Waals surface area contributed by atoms with E-state index in [4.69, 9.17) is 10.2 Å². The van der Waals surface area contributed by atoms with Gasteiger partial charge in [-0.3, -0.25) is 0 Å². The van der Waals surface area contributed by atoms with Crippen LogP contribution in [0.15, 0.2) is 0 Å². The molecule has 0 aliphatic heterocycles. The van der Waals surface area contributed by atoms with E-state index in [0.717, 1.165) is 0 Å². The van der Waals surface area contributed by atoms with Gasteiger partial charge in [-0.2, -0.15) is 0 Å². The number of hydrogen-bond donors (Lipinski definition) is 4. The van der Waals surface area contributed by atoms with Crippen molar-refractivity contribution in [2.75, 3.05) is 13.2 Å². The normalized spacial score (nSPS) is 13.0. The highest BCUT2D eigenvalue weighted by Gasteiger charge is 2.20. The maximum Gasteiger partial charge on any atom is 0.326 e. The first-order valence-electron chi connectivity index (χ1n) is 5.14.